The van der Waals surface area contributed by atoms with Crippen LogP contribution in [0.5, 0.6) is 0 Å². The van der Waals surface area contributed by atoms with Gasteiger partial charge in [0.2, 0.25) is 17.6 Å². The summed E-state index contributed by atoms with van der Waals surface area (Å²) in [5, 5.41) is 15.3. The lowest BCUT2D eigenvalue weighted by atomic mass is 10.0. The van der Waals surface area contributed by atoms with Crippen LogP contribution in [0.15, 0.2) is 47.3 Å². The lowest BCUT2D eigenvalue weighted by Gasteiger charge is -2.48. The van der Waals surface area contributed by atoms with E-state index in [0.29, 0.717) is 11.3 Å². The number of nitrogens with zero attached hydrogens (tertiary/aromatic N) is 4. The number of hydrogen-bond acceptors (Lipinski definition) is 12. The smallest absolute Gasteiger partial charge is 0.355 e. The topological polar surface area (TPSA) is 186 Å². The molecule has 2 aliphatic heterocycles. The molecule has 2 aromatic rings. The van der Waals surface area contributed by atoms with Gasteiger partial charge in [0.1, 0.15) is 22.7 Å². The number of ether oxygens (including phenoxy) is 1. The molecule has 4 N–H and O–H groups in total. The summed E-state index contributed by atoms with van der Waals surface area (Å²) in [4.78, 5) is 61.0. The second-order valence-corrected chi connectivity index (χ2v) is 11.0. The maximum atomic E-state index is 13.3. The van der Waals surface area contributed by atoms with Crippen molar-refractivity contribution in [2.45, 2.75) is 43.9 Å². The third kappa shape index (κ3) is 5.78. The van der Waals surface area contributed by atoms with Gasteiger partial charge in [0.15, 0.2) is 5.13 Å². The van der Waals surface area contributed by atoms with Gasteiger partial charge in [0, 0.05) is 22.8 Å². The number of aromatic nitrogens is 2. The van der Waals surface area contributed by atoms with Crippen LogP contribution in [0.2, 0.25) is 0 Å². The number of nitrogens with one attached hydrogen (secondary N) is 1. The molecule has 2 aliphatic rings. The van der Waals surface area contributed by atoms with Crippen LogP contribution in [-0.2, 0) is 28.8 Å². The summed E-state index contributed by atoms with van der Waals surface area (Å²) < 4.78 is 9.47. The number of β-lactam (4-membered cyclic amide) rings is 1. The van der Waals surface area contributed by atoms with Gasteiger partial charge < -0.3 is 25.7 Å². The molecule has 0 radical (unpaired) electrons. The molecule has 4 rings (SSSR count). The quantitative estimate of drug-likeness (QED) is 0.183. The zero-order valence-electron chi connectivity index (χ0n) is 20.5. The van der Waals surface area contributed by atoms with Gasteiger partial charge in [-0.15, -0.1) is 11.8 Å². The van der Waals surface area contributed by atoms with E-state index in [1.54, 1.807) is 51.1 Å². The van der Waals surface area contributed by atoms with Gasteiger partial charge in [0.25, 0.3) is 11.8 Å². The van der Waals surface area contributed by atoms with Crippen LogP contribution >= 0.6 is 23.3 Å². The molecule has 1 aromatic heterocycles. The number of esters is 1. The number of carboxylic acid groups (broad SMARTS) is 1. The van der Waals surface area contributed by atoms with E-state index in [1.165, 1.54) is 17.8 Å². The molecule has 0 saturated carbocycles. The predicted molar refractivity (Wildman–Crippen MR) is 138 cm³/mol. The van der Waals surface area contributed by atoms with Crippen LogP contribution in [0.4, 0.5) is 5.13 Å². The fourth-order valence-corrected chi connectivity index (χ4v) is 5.22. The Bertz CT molecular complexity index is 1320. The third-order valence-corrected chi connectivity index (χ3v) is 6.92. The van der Waals surface area contributed by atoms with Gasteiger partial charge in [-0.3, -0.25) is 14.5 Å². The van der Waals surface area contributed by atoms with Gasteiger partial charge >= 0.3 is 11.9 Å². The Morgan fingerprint density at radius 3 is 2.58 bits per heavy atom. The number of thioether (sulfide) groups is 1. The minimum atomic E-state index is -1.33. The first-order valence-corrected chi connectivity index (χ1v) is 13.1. The fourth-order valence-electron chi connectivity index (χ4n) is 3.59. The minimum absolute atomic E-state index is 0.0530. The highest BCUT2D eigenvalue weighted by Crippen LogP contribution is 2.37. The van der Waals surface area contributed by atoms with Gasteiger partial charge in [0.05, 0.1) is 0 Å². The van der Waals surface area contributed by atoms with Crippen LogP contribution in [0.3, 0.4) is 0 Å². The number of benzene rings is 1. The van der Waals surface area contributed by atoms with Crippen molar-refractivity contribution in [2.24, 2.45) is 5.16 Å². The van der Waals surface area contributed by atoms with E-state index in [4.69, 9.17) is 15.3 Å². The Hall–Kier alpha value is -3.98. The summed E-state index contributed by atoms with van der Waals surface area (Å²) in [7, 11) is 0. The van der Waals surface area contributed by atoms with Crippen molar-refractivity contribution in [1.82, 2.24) is 19.6 Å². The molecule has 13 nitrogen and oxygen atoms in total. The first-order chi connectivity index (χ1) is 18.0. The van der Waals surface area contributed by atoms with Gasteiger partial charge in [-0.2, -0.15) is 9.36 Å². The van der Waals surface area contributed by atoms with Crippen molar-refractivity contribution in [2.75, 3.05) is 11.5 Å². The summed E-state index contributed by atoms with van der Waals surface area (Å²) >= 11 is 2.11. The number of carbonyl (C=O) groups excluding carboxylic acids is 3. The van der Waals surface area contributed by atoms with Crippen LogP contribution in [0.1, 0.15) is 38.3 Å². The van der Waals surface area contributed by atoms with Crippen molar-refractivity contribution in [3.05, 3.63) is 53.5 Å². The molecule has 1 saturated heterocycles. The highest BCUT2D eigenvalue weighted by atomic mass is 32.2. The number of amides is 2. The Morgan fingerprint density at radius 2 is 1.97 bits per heavy atom. The third-order valence-electron chi connectivity index (χ3n) is 5.19. The average molecular weight is 561 g/mol. The van der Waals surface area contributed by atoms with Crippen LogP contribution in [0.25, 0.3) is 0 Å². The Balaban J connectivity index is 1.59. The standard InChI is InChI=1S/C23H24N6O7S2/c1-23(2,3)35-21(34)15(11-7-5-4-6-8-11)36-27-13(16-26-22(24)38-28-16)17(30)25-14-18(31)29-12(20(32)33)9-10-37-19(14)29/h4-9,14-15,19H,10H2,1-3H3,(H,25,30)(H,32,33)(H2,24,26,28)/b27-13-/t14?,15?,19-/m1/s1. The summed E-state index contributed by atoms with van der Waals surface area (Å²) in [6, 6.07) is 7.41. The monoisotopic (exact) mass is 560 g/mol. The largest absolute Gasteiger partial charge is 0.477 e. The molecule has 0 spiro atoms. The van der Waals surface area contributed by atoms with Gasteiger partial charge in [-0.1, -0.05) is 35.5 Å². The number of hydrogen-bond donors (Lipinski definition) is 3. The number of aliphatic carboxylic acids is 1. The number of carboxylic acids is 1. The summed E-state index contributed by atoms with van der Waals surface area (Å²) in [5.74, 6) is -3.26. The highest BCUT2D eigenvalue weighted by molar-refractivity contribution is 8.00. The average Bonchev–Trinajstić information content (AvgIpc) is 3.29. The normalized spacial score (nSPS) is 20.0. The van der Waals surface area contributed by atoms with E-state index >= 15 is 0 Å². The first kappa shape index (κ1) is 27.1. The van der Waals surface area contributed by atoms with E-state index in [9.17, 15) is 24.3 Å². The van der Waals surface area contributed by atoms with Gasteiger partial charge in [-0.05, 0) is 26.8 Å². The Kier molecular flexibility index (Phi) is 7.68. The van der Waals surface area contributed by atoms with Crippen molar-refractivity contribution in [1.29, 1.82) is 0 Å². The lowest BCUT2D eigenvalue weighted by Crippen LogP contribution is -2.70. The number of rotatable bonds is 8. The molecule has 3 heterocycles. The van der Waals surface area contributed by atoms with E-state index in [-0.39, 0.29) is 16.7 Å². The molecule has 0 aliphatic carbocycles. The van der Waals surface area contributed by atoms with Crippen LogP contribution in [0, 0.1) is 0 Å². The summed E-state index contributed by atoms with van der Waals surface area (Å²) in [5.41, 5.74) is 4.73. The van der Waals surface area contributed by atoms with E-state index in [0.717, 1.165) is 16.4 Å². The zero-order valence-corrected chi connectivity index (χ0v) is 22.1. The van der Waals surface area contributed by atoms with Crippen molar-refractivity contribution in [3.63, 3.8) is 0 Å². The highest BCUT2D eigenvalue weighted by Gasteiger charge is 2.53. The summed E-state index contributed by atoms with van der Waals surface area (Å²) in [6.45, 7) is 5.10. The Morgan fingerprint density at radius 1 is 1.26 bits per heavy atom. The minimum Gasteiger partial charge on any atom is -0.477 e. The molecule has 0 bridgehead atoms. The maximum Gasteiger partial charge on any atom is 0.355 e. The number of carbonyl (C=O) groups is 4. The zero-order chi connectivity index (χ0) is 27.6. The number of fused-ring (bicyclic) bond motifs is 1. The molecule has 2 amide bonds. The van der Waals surface area contributed by atoms with Crippen LogP contribution < -0.4 is 11.1 Å². The second kappa shape index (κ2) is 10.8. The molecule has 38 heavy (non-hydrogen) atoms. The molecular formula is C23H24N6O7S2. The fraction of sp³-hybridized carbons (Fsp3) is 0.348. The number of nitrogen functional groups attached to an aromatic ring is 1. The molecule has 15 heteroatoms. The second-order valence-electron chi connectivity index (χ2n) is 9.10. The van der Waals surface area contributed by atoms with E-state index in [1.807, 2.05) is 0 Å². The summed E-state index contributed by atoms with van der Waals surface area (Å²) in [6.07, 6.45) is 0.106. The molecule has 3 atom stereocenters. The number of oxime groups is 1. The maximum absolute atomic E-state index is 13.3. The van der Waals surface area contributed by atoms with Crippen LogP contribution in [-0.4, -0.2) is 71.6 Å². The molecule has 2 unspecified atom stereocenters. The Labute approximate surface area is 225 Å². The number of anilines is 1. The molecule has 1 aromatic carbocycles. The number of nitrogens with two attached hydrogens (primary N) is 1. The van der Waals surface area contributed by atoms with Crippen molar-refractivity contribution >= 4 is 57.9 Å². The van der Waals surface area contributed by atoms with E-state index in [2.05, 4.69) is 19.8 Å². The first-order valence-electron chi connectivity index (χ1n) is 11.3. The lowest BCUT2D eigenvalue weighted by molar-refractivity contribution is -0.169. The van der Waals surface area contributed by atoms with Crippen molar-refractivity contribution < 1.29 is 33.9 Å². The molecule has 200 valence electrons. The van der Waals surface area contributed by atoms with E-state index < -0.39 is 52.6 Å². The SMILES string of the molecule is CC(C)(C)OC(=O)C(O/N=C(\C(=O)NC1C(=O)N2C(C(=O)O)=CCS[C@H]12)c1nsc(N)n1)c1ccccc1. The van der Waals surface area contributed by atoms with Gasteiger partial charge in [-0.25, -0.2) is 9.59 Å². The van der Waals surface area contributed by atoms with Crippen molar-refractivity contribution in [3.8, 4) is 0 Å². The molecular weight excluding hydrogens is 536 g/mol. The predicted octanol–water partition coefficient (Wildman–Crippen LogP) is 1.29. The molecule has 1 fully saturated rings.